The molecule has 3 aromatic rings. The minimum atomic E-state index is -0.422. The molecular formula is C19H15BrN2O2. The largest absolute Gasteiger partial charge is 0.322 e. The summed E-state index contributed by atoms with van der Waals surface area (Å²) in [5.41, 5.74) is 1.42. The van der Waals surface area contributed by atoms with Gasteiger partial charge in [-0.15, -0.1) is 0 Å². The van der Waals surface area contributed by atoms with Gasteiger partial charge in [0.1, 0.15) is 5.56 Å². The molecule has 0 aliphatic rings. The molecule has 24 heavy (non-hydrogen) atoms. The molecule has 2 aromatic carbocycles. The number of carbonyl (C=O) groups is 1. The third-order valence-electron chi connectivity index (χ3n) is 3.52. The number of hydrogen-bond acceptors (Lipinski definition) is 2. The molecule has 120 valence electrons. The zero-order chi connectivity index (χ0) is 16.9. The lowest BCUT2D eigenvalue weighted by Gasteiger charge is -2.10. The summed E-state index contributed by atoms with van der Waals surface area (Å²) in [6.07, 6.45) is 1.69. The highest BCUT2D eigenvalue weighted by Gasteiger charge is 2.14. The van der Waals surface area contributed by atoms with Gasteiger partial charge in [-0.05, 0) is 39.7 Å². The normalized spacial score (nSPS) is 10.4. The predicted molar refractivity (Wildman–Crippen MR) is 98.3 cm³/mol. The van der Waals surface area contributed by atoms with Gasteiger partial charge in [0.2, 0.25) is 0 Å². The molecule has 0 spiro atoms. The van der Waals surface area contributed by atoms with Crippen LogP contribution in [0.2, 0.25) is 0 Å². The molecule has 5 heteroatoms. The lowest BCUT2D eigenvalue weighted by molar-refractivity contribution is 0.102. The molecule has 0 radical (unpaired) electrons. The average molecular weight is 383 g/mol. The second-order valence-electron chi connectivity index (χ2n) is 5.31. The summed E-state index contributed by atoms with van der Waals surface area (Å²) in [6.45, 7) is 0.407. The predicted octanol–water partition coefficient (Wildman–Crippen LogP) is 3.91. The first-order valence-electron chi connectivity index (χ1n) is 7.44. The fraction of sp³-hybridized carbons (Fsp3) is 0.0526. The number of carbonyl (C=O) groups excluding carboxylic acids is 1. The van der Waals surface area contributed by atoms with Gasteiger partial charge >= 0.3 is 0 Å². The highest BCUT2D eigenvalue weighted by molar-refractivity contribution is 9.10. The SMILES string of the molecule is O=C(Nc1ccccc1)c1cc(Br)cn(Cc2ccccc2)c1=O. The maximum absolute atomic E-state index is 12.6. The number of halogens is 1. The van der Waals surface area contributed by atoms with Crippen LogP contribution in [-0.2, 0) is 6.54 Å². The van der Waals surface area contributed by atoms with Crippen LogP contribution in [-0.4, -0.2) is 10.5 Å². The number of rotatable bonds is 4. The third-order valence-corrected chi connectivity index (χ3v) is 3.96. The summed E-state index contributed by atoms with van der Waals surface area (Å²) < 4.78 is 2.20. The second kappa shape index (κ2) is 7.27. The molecule has 1 amide bonds. The molecule has 0 fully saturated rings. The van der Waals surface area contributed by atoms with E-state index in [0.717, 1.165) is 5.56 Å². The molecule has 1 N–H and O–H groups in total. The number of benzene rings is 2. The second-order valence-corrected chi connectivity index (χ2v) is 6.23. The number of pyridine rings is 1. The number of nitrogens with one attached hydrogen (secondary N) is 1. The monoisotopic (exact) mass is 382 g/mol. The molecule has 0 aliphatic carbocycles. The average Bonchev–Trinajstić information content (AvgIpc) is 2.59. The van der Waals surface area contributed by atoms with Gasteiger partial charge in [-0.3, -0.25) is 9.59 Å². The summed E-state index contributed by atoms with van der Waals surface area (Å²) in [6, 6.07) is 20.2. The van der Waals surface area contributed by atoms with E-state index in [1.165, 1.54) is 4.57 Å². The van der Waals surface area contributed by atoms with E-state index >= 15 is 0 Å². The van der Waals surface area contributed by atoms with Crippen molar-refractivity contribution >= 4 is 27.5 Å². The molecule has 4 nitrogen and oxygen atoms in total. The van der Waals surface area contributed by atoms with Crippen molar-refractivity contribution in [1.29, 1.82) is 0 Å². The van der Waals surface area contributed by atoms with Crippen molar-refractivity contribution in [3.8, 4) is 0 Å². The summed E-state index contributed by atoms with van der Waals surface area (Å²) in [5, 5.41) is 2.74. The standard InChI is InChI=1S/C19H15BrN2O2/c20-15-11-17(18(23)21-16-9-5-2-6-10-16)19(24)22(13-15)12-14-7-3-1-4-8-14/h1-11,13H,12H2,(H,21,23). The van der Waals surface area contributed by atoms with Crippen LogP contribution in [0, 0.1) is 0 Å². The minimum absolute atomic E-state index is 0.101. The van der Waals surface area contributed by atoms with Gasteiger partial charge in [0.25, 0.3) is 11.5 Å². The van der Waals surface area contributed by atoms with Gasteiger partial charge in [0.05, 0.1) is 6.54 Å². The van der Waals surface area contributed by atoms with Crippen LogP contribution < -0.4 is 10.9 Å². The van der Waals surface area contributed by atoms with Crippen LogP contribution in [0.3, 0.4) is 0 Å². The Morgan fingerprint density at radius 2 is 1.62 bits per heavy atom. The topological polar surface area (TPSA) is 51.1 Å². The molecule has 1 heterocycles. The van der Waals surface area contributed by atoms with E-state index in [1.54, 1.807) is 24.4 Å². The zero-order valence-corrected chi connectivity index (χ0v) is 14.4. The number of nitrogens with zero attached hydrogens (tertiary/aromatic N) is 1. The van der Waals surface area contributed by atoms with Crippen LogP contribution >= 0.6 is 15.9 Å². The van der Waals surface area contributed by atoms with E-state index in [0.29, 0.717) is 16.7 Å². The summed E-state index contributed by atoms with van der Waals surface area (Å²) >= 11 is 3.37. The first kappa shape index (κ1) is 16.2. The fourth-order valence-corrected chi connectivity index (χ4v) is 2.86. The maximum Gasteiger partial charge on any atom is 0.263 e. The molecule has 0 saturated carbocycles. The van der Waals surface area contributed by atoms with Crippen molar-refractivity contribution in [1.82, 2.24) is 4.57 Å². The summed E-state index contributed by atoms with van der Waals surface area (Å²) in [7, 11) is 0. The van der Waals surface area contributed by atoms with Gasteiger partial charge in [-0.25, -0.2) is 0 Å². The first-order chi connectivity index (χ1) is 11.6. The van der Waals surface area contributed by atoms with Crippen LogP contribution in [0.1, 0.15) is 15.9 Å². The van der Waals surface area contributed by atoms with Gasteiger partial charge in [-0.1, -0.05) is 48.5 Å². The maximum atomic E-state index is 12.6. The molecule has 0 atom stereocenters. The zero-order valence-electron chi connectivity index (χ0n) is 12.8. The number of amides is 1. The first-order valence-corrected chi connectivity index (χ1v) is 8.23. The summed E-state index contributed by atoms with van der Waals surface area (Å²) in [5.74, 6) is -0.422. The Bertz CT molecular complexity index is 906. The van der Waals surface area contributed by atoms with Crippen LogP contribution in [0.15, 0.2) is 82.2 Å². The summed E-state index contributed by atoms with van der Waals surface area (Å²) in [4.78, 5) is 25.1. The fourth-order valence-electron chi connectivity index (χ4n) is 2.38. The lowest BCUT2D eigenvalue weighted by atomic mass is 10.2. The van der Waals surface area contributed by atoms with Crippen LogP contribution in [0.5, 0.6) is 0 Å². The smallest absolute Gasteiger partial charge is 0.263 e. The van der Waals surface area contributed by atoms with E-state index in [1.807, 2.05) is 48.5 Å². The van der Waals surface area contributed by atoms with E-state index in [2.05, 4.69) is 21.2 Å². The Morgan fingerprint density at radius 3 is 2.29 bits per heavy atom. The number of aromatic nitrogens is 1. The van der Waals surface area contributed by atoms with Crippen molar-refractivity contribution in [3.63, 3.8) is 0 Å². The van der Waals surface area contributed by atoms with Crippen molar-refractivity contribution < 1.29 is 4.79 Å². The molecular weight excluding hydrogens is 368 g/mol. The van der Waals surface area contributed by atoms with Gasteiger partial charge in [-0.2, -0.15) is 0 Å². The quantitative estimate of drug-likeness (QED) is 0.743. The Balaban J connectivity index is 1.91. The molecule has 3 rings (SSSR count). The third kappa shape index (κ3) is 3.81. The van der Waals surface area contributed by atoms with Gasteiger partial charge in [0.15, 0.2) is 0 Å². The van der Waals surface area contributed by atoms with Crippen LogP contribution in [0.4, 0.5) is 5.69 Å². The van der Waals surface area contributed by atoms with E-state index < -0.39 is 5.91 Å². The number of anilines is 1. The Morgan fingerprint density at radius 1 is 1.00 bits per heavy atom. The number of para-hydroxylation sites is 1. The van der Waals surface area contributed by atoms with Crippen molar-refractivity contribution in [2.45, 2.75) is 6.54 Å². The van der Waals surface area contributed by atoms with Crippen molar-refractivity contribution in [2.24, 2.45) is 0 Å². The molecule has 0 saturated heterocycles. The minimum Gasteiger partial charge on any atom is -0.322 e. The van der Waals surface area contributed by atoms with Crippen LogP contribution in [0.25, 0.3) is 0 Å². The molecule has 0 bridgehead atoms. The van der Waals surface area contributed by atoms with E-state index in [9.17, 15) is 9.59 Å². The Kier molecular flexibility index (Phi) is 4.91. The van der Waals surface area contributed by atoms with Crippen molar-refractivity contribution in [2.75, 3.05) is 5.32 Å². The number of hydrogen-bond donors (Lipinski definition) is 1. The Hall–Kier alpha value is -2.66. The van der Waals surface area contributed by atoms with Gasteiger partial charge in [0, 0.05) is 16.4 Å². The highest BCUT2D eigenvalue weighted by Crippen LogP contribution is 2.13. The van der Waals surface area contributed by atoms with Gasteiger partial charge < -0.3 is 9.88 Å². The molecule has 0 aliphatic heterocycles. The Labute approximate surface area is 147 Å². The molecule has 0 unspecified atom stereocenters. The van der Waals surface area contributed by atoms with E-state index in [4.69, 9.17) is 0 Å². The van der Waals surface area contributed by atoms with E-state index in [-0.39, 0.29) is 11.1 Å². The highest BCUT2D eigenvalue weighted by atomic mass is 79.9. The van der Waals surface area contributed by atoms with Crippen molar-refractivity contribution in [3.05, 3.63) is 98.9 Å². The lowest BCUT2D eigenvalue weighted by Crippen LogP contribution is -2.29. The molecule has 1 aromatic heterocycles.